The van der Waals surface area contributed by atoms with E-state index >= 15 is 0 Å². The largest absolute Gasteiger partial charge is 0.0877 e. The zero-order chi connectivity index (χ0) is 27.6. The smallest absolute Gasteiger partial charge is 0.0159 e. The van der Waals surface area contributed by atoms with Gasteiger partial charge in [-0.15, -0.1) is 0 Å². The van der Waals surface area contributed by atoms with Crippen molar-refractivity contribution in [1.82, 2.24) is 0 Å². The van der Waals surface area contributed by atoms with Crippen LogP contribution in [0.3, 0.4) is 0 Å². The van der Waals surface area contributed by atoms with E-state index in [1.165, 1.54) is 56.5 Å². The molecule has 3 aromatic carbocycles. The van der Waals surface area contributed by atoms with Gasteiger partial charge in [-0.25, -0.2) is 0 Å². The standard InChI is InChI=1S/C39H42/c1-7-9-11-17-32(26-29-15-12-10-13-16-29)39(6)24-22-30(23-25-39)33-18-14-19-35-37(33)34-21-20-31(28(3)8-2)27-36(34)38(35,4)5/h7,9-24,26-28H,8,25H2,1-6H3/b9-7-,17-11-,32-26-. The molecule has 0 heterocycles. The summed E-state index contributed by atoms with van der Waals surface area (Å²) in [4.78, 5) is 0. The second-order valence-corrected chi connectivity index (χ2v) is 12.0. The molecule has 0 aliphatic heterocycles. The zero-order valence-electron chi connectivity index (χ0n) is 24.5. The molecule has 0 N–H and O–H groups in total. The van der Waals surface area contributed by atoms with Crippen molar-refractivity contribution < 1.29 is 0 Å². The minimum absolute atomic E-state index is 0.000779. The highest BCUT2D eigenvalue weighted by Crippen LogP contribution is 2.52. The quantitative estimate of drug-likeness (QED) is 0.277. The van der Waals surface area contributed by atoms with E-state index in [0.29, 0.717) is 5.92 Å². The average molecular weight is 511 g/mol. The molecule has 0 spiro atoms. The Labute approximate surface area is 236 Å². The zero-order valence-corrected chi connectivity index (χ0v) is 24.5. The summed E-state index contributed by atoms with van der Waals surface area (Å²) in [5.41, 5.74) is 12.4. The van der Waals surface area contributed by atoms with Crippen molar-refractivity contribution in [2.75, 3.05) is 0 Å². The predicted octanol–water partition coefficient (Wildman–Crippen LogP) is 11.1. The van der Waals surface area contributed by atoms with Crippen molar-refractivity contribution >= 4 is 11.6 Å². The molecule has 5 rings (SSSR count). The Morgan fingerprint density at radius 3 is 2.38 bits per heavy atom. The lowest BCUT2D eigenvalue weighted by molar-refractivity contribution is 0.535. The summed E-state index contributed by atoms with van der Waals surface area (Å²) < 4.78 is 0. The van der Waals surface area contributed by atoms with Gasteiger partial charge in [0.05, 0.1) is 0 Å². The first-order valence-corrected chi connectivity index (χ1v) is 14.5. The first-order valence-electron chi connectivity index (χ1n) is 14.5. The molecule has 0 saturated carbocycles. The number of rotatable bonds is 7. The van der Waals surface area contributed by atoms with E-state index in [9.17, 15) is 0 Å². The topological polar surface area (TPSA) is 0 Å². The Bertz CT molecular complexity index is 1500. The predicted molar refractivity (Wildman–Crippen MR) is 171 cm³/mol. The lowest BCUT2D eigenvalue weighted by Crippen LogP contribution is -2.17. The van der Waals surface area contributed by atoms with Crippen LogP contribution in [0.15, 0.2) is 115 Å². The summed E-state index contributed by atoms with van der Waals surface area (Å²) in [5, 5.41) is 0. The monoisotopic (exact) mass is 510 g/mol. The third kappa shape index (κ3) is 5.06. The van der Waals surface area contributed by atoms with Crippen molar-refractivity contribution in [3.05, 3.63) is 143 Å². The Kier molecular flexibility index (Phi) is 7.50. The van der Waals surface area contributed by atoms with Crippen LogP contribution in [-0.4, -0.2) is 0 Å². The number of fused-ring (bicyclic) bond motifs is 3. The van der Waals surface area contributed by atoms with Crippen LogP contribution in [-0.2, 0) is 5.41 Å². The van der Waals surface area contributed by atoms with Crippen LogP contribution in [0.5, 0.6) is 0 Å². The van der Waals surface area contributed by atoms with Crippen LogP contribution in [0.4, 0.5) is 0 Å². The molecule has 2 atom stereocenters. The number of benzene rings is 3. The minimum atomic E-state index is -0.0717. The van der Waals surface area contributed by atoms with Crippen LogP contribution in [0, 0.1) is 5.41 Å². The van der Waals surface area contributed by atoms with Gasteiger partial charge in [-0.05, 0) is 75.8 Å². The third-order valence-corrected chi connectivity index (χ3v) is 8.95. The van der Waals surface area contributed by atoms with Crippen molar-refractivity contribution in [1.29, 1.82) is 0 Å². The molecule has 2 aliphatic rings. The molecule has 3 aromatic rings. The summed E-state index contributed by atoms with van der Waals surface area (Å²) >= 11 is 0. The molecule has 0 amide bonds. The fourth-order valence-corrected chi connectivity index (χ4v) is 6.14. The molecule has 2 aliphatic carbocycles. The van der Waals surface area contributed by atoms with Gasteiger partial charge in [0.2, 0.25) is 0 Å². The van der Waals surface area contributed by atoms with E-state index in [0.717, 1.165) is 6.42 Å². The number of allylic oxidation sites excluding steroid dienone is 9. The van der Waals surface area contributed by atoms with E-state index in [-0.39, 0.29) is 10.8 Å². The maximum Gasteiger partial charge on any atom is 0.0159 e. The van der Waals surface area contributed by atoms with Gasteiger partial charge in [-0.3, -0.25) is 0 Å². The van der Waals surface area contributed by atoms with E-state index in [1.54, 1.807) is 0 Å². The average Bonchev–Trinajstić information content (AvgIpc) is 3.19. The maximum absolute atomic E-state index is 2.48. The molecular formula is C39H42. The molecular weight excluding hydrogens is 468 g/mol. The van der Waals surface area contributed by atoms with Gasteiger partial charge < -0.3 is 0 Å². The summed E-state index contributed by atoms with van der Waals surface area (Å²) in [6.45, 7) is 13.8. The summed E-state index contributed by atoms with van der Waals surface area (Å²) in [5.74, 6) is 0.580. The van der Waals surface area contributed by atoms with Crippen LogP contribution >= 0.6 is 0 Å². The van der Waals surface area contributed by atoms with Gasteiger partial charge in [0.25, 0.3) is 0 Å². The molecule has 0 nitrogen and oxygen atoms in total. The highest BCUT2D eigenvalue weighted by Gasteiger charge is 2.37. The van der Waals surface area contributed by atoms with Crippen LogP contribution in [0.2, 0.25) is 0 Å². The minimum Gasteiger partial charge on any atom is -0.0877 e. The van der Waals surface area contributed by atoms with E-state index < -0.39 is 0 Å². The summed E-state index contributed by atoms with van der Waals surface area (Å²) in [6.07, 6.45) is 20.3. The Morgan fingerprint density at radius 1 is 0.897 bits per heavy atom. The van der Waals surface area contributed by atoms with Gasteiger partial charge in [0.15, 0.2) is 0 Å². The van der Waals surface area contributed by atoms with E-state index in [2.05, 4.69) is 157 Å². The molecule has 0 fully saturated rings. The molecule has 198 valence electrons. The number of hydrogen-bond acceptors (Lipinski definition) is 0. The van der Waals surface area contributed by atoms with Gasteiger partial charge in [0.1, 0.15) is 0 Å². The van der Waals surface area contributed by atoms with Crippen LogP contribution in [0.1, 0.15) is 88.1 Å². The molecule has 0 saturated heterocycles. The van der Waals surface area contributed by atoms with E-state index in [4.69, 9.17) is 0 Å². The summed E-state index contributed by atoms with van der Waals surface area (Å²) in [6, 6.07) is 24.8. The van der Waals surface area contributed by atoms with Crippen molar-refractivity contribution in [3.63, 3.8) is 0 Å². The third-order valence-electron chi connectivity index (χ3n) is 8.95. The Hall–Kier alpha value is -3.64. The Morgan fingerprint density at radius 2 is 1.69 bits per heavy atom. The highest BCUT2D eigenvalue weighted by atomic mass is 14.4. The van der Waals surface area contributed by atoms with Crippen molar-refractivity contribution in [2.24, 2.45) is 5.41 Å². The van der Waals surface area contributed by atoms with Gasteiger partial charge >= 0.3 is 0 Å². The fourth-order valence-electron chi connectivity index (χ4n) is 6.14. The highest BCUT2D eigenvalue weighted by molar-refractivity contribution is 5.93. The van der Waals surface area contributed by atoms with Gasteiger partial charge in [0, 0.05) is 10.8 Å². The van der Waals surface area contributed by atoms with Crippen LogP contribution in [0.25, 0.3) is 22.8 Å². The van der Waals surface area contributed by atoms with E-state index in [1.807, 2.05) is 0 Å². The molecule has 0 heteroatoms. The lowest BCUT2D eigenvalue weighted by atomic mass is 9.73. The molecule has 0 radical (unpaired) electrons. The van der Waals surface area contributed by atoms with Gasteiger partial charge in [-0.2, -0.15) is 0 Å². The summed E-state index contributed by atoms with van der Waals surface area (Å²) in [7, 11) is 0. The second kappa shape index (κ2) is 10.9. The second-order valence-electron chi connectivity index (χ2n) is 12.0. The molecule has 0 bridgehead atoms. The van der Waals surface area contributed by atoms with Crippen molar-refractivity contribution in [2.45, 2.75) is 65.7 Å². The fraction of sp³-hybridized carbons (Fsp3) is 0.282. The maximum atomic E-state index is 2.48. The van der Waals surface area contributed by atoms with Crippen LogP contribution < -0.4 is 0 Å². The molecule has 39 heavy (non-hydrogen) atoms. The normalized spacial score (nSPS) is 20.8. The van der Waals surface area contributed by atoms with Gasteiger partial charge in [-0.1, -0.05) is 150 Å². The Balaban J connectivity index is 1.53. The molecule has 0 aromatic heterocycles. The first-order chi connectivity index (χ1) is 18.8. The molecule has 2 unspecified atom stereocenters. The lowest BCUT2D eigenvalue weighted by Gasteiger charge is -2.30. The van der Waals surface area contributed by atoms with Crippen molar-refractivity contribution in [3.8, 4) is 11.1 Å². The SMILES string of the molecule is C\C=C/C=C\C(=C\c1ccccc1)C1(C)C=CC(c2cccc3c2-c2ccc(C(C)CC)cc2C3(C)C)=CC1. The number of hydrogen-bond donors (Lipinski definition) is 0. The first kappa shape index (κ1) is 26.9.